The van der Waals surface area contributed by atoms with Crippen molar-refractivity contribution in [3.63, 3.8) is 0 Å². The normalized spacial score (nSPS) is 18.5. The van der Waals surface area contributed by atoms with Crippen LogP contribution in [0.2, 0.25) is 0 Å². The number of nitrogens with one attached hydrogen (secondary N) is 1. The number of carbonyl (C=O) groups excluding carboxylic acids is 1. The summed E-state index contributed by atoms with van der Waals surface area (Å²) in [6.45, 7) is 3.38. The molecule has 1 N–H and O–H groups in total. The predicted octanol–water partition coefficient (Wildman–Crippen LogP) is 2.18. The van der Waals surface area contributed by atoms with Crippen LogP contribution in [-0.4, -0.2) is 44.0 Å². The van der Waals surface area contributed by atoms with Crippen molar-refractivity contribution in [3.8, 4) is 0 Å². The van der Waals surface area contributed by atoms with Gasteiger partial charge in [-0.25, -0.2) is 0 Å². The topological polar surface area (TPSA) is 35.6 Å². The molecule has 0 aromatic heterocycles. The van der Waals surface area contributed by atoms with E-state index in [0.29, 0.717) is 6.04 Å². The van der Waals surface area contributed by atoms with Gasteiger partial charge in [0, 0.05) is 40.2 Å². The Bertz CT molecular complexity index is 445. The van der Waals surface area contributed by atoms with Gasteiger partial charge in [0.25, 0.3) is 0 Å². The van der Waals surface area contributed by atoms with E-state index in [4.69, 9.17) is 0 Å². The Labute approximate surface area is 115 Å². The van der Waals surface area contributed by atoms with Crippen molar-refractivity contribution in [3.05, 3.63) is 24.3 Å². The average molecular weight is 261 g/mol. The molecule has 1 unspecified atom stereocenters. The second-order valence-electron chi connectivity index (χ2n) is 5.30. The van der Waals surface area contributed by atoms with Crippen LogP contribution in [-0.2, 0) is 4.79 Å². The van der Waals surface area contributed by atoms with Gasteiger partial charge in [-0.05, 0) is 25.0 Å². The molecule has 2 rings (SSSR count). The van der Waals surface area contributed by atoms with Gasteiger partial charge in [-0.2, -0.15) is 0 Å². The van der Waals surface area contributed by atoms with Crippen LogP contribution in [0.3, 0.4) is 0 Å². The summed E-state index contributed by atoms with van der Waals surface area (Å²) in [6, 6.07) is 8.58. The van der Waals surface area contributed by atoms with Crippen LogP contribution in [0.4, 0.5) is 11.4 Å². The molecule has 1 fully saturated rings. The number of hydrogen-bond acceptors (Lipinski definition) is 3. The van der Waals surface area contributed by atoms with Gasteiger partial charge in [0.05, 0.1) is 11.4 Å². The zero-order valence-electron chi connectivity index (χ0n) is 12.0. The summed E-state index contributed by atoms with van der Waals surface area (Å²) in [4.78, 5) is 15.6. The number of amides is 1. The van der Waals surface area contributed by atoms with Gasteiger partial charge >= 0.3 is 0 Å². The maximum Gasteiger partial charge on any atom is 0.219 e. The van der Waals surface area contributed by atoms with Crippen molar-refractivity contribution in [1.82, 2.24) is 4.90 Å². The fourth-order valence-electron chi connectivity index (χ4n) is 2.70. The summed E-state index contributed by atoms with van der Waals surface area (Å²) in [5.41, 5.74) is 2.30. The molecule has 1 amide bonds. The molecule has 0 aliphatic carbocycles. The van der Waals surface area contributed by atoms with E-state index in [1.807, 2.05) is 31.1 Å². The number of benzene rings is 1. The molecule has 0 radical (unpaired) electrons. The molecule has 0 saturated carbocycles. The van der Waals surface area contributed by atoms with Gasteiger partial charge in [-0.15, -0.1) is 0 Å². The Hall–Kier alpha value is -1.71. The third-order valence-corrected chi connectivity index (χ3v) is 3.70. The first-order valence-electron chi connectivity index (χ1n) is 6.87. The Morgan fingerprint density at radius 3 is 2.84 bits per heavy atom. The van der Waals surface area contributed by atoms with E-state index < -0.39 is 0 Å². The van der Waals surface area contributed by atoms with Crippen LogP contribution in [0.25, 0.3) is 0 Å². The second-order valence-corrected chi connectivity index (χ2v) is 5.30. The van der Waals surface area contributed by atoms with Crippen molar-refractivity contribution in [2.24, 2.45) is 0 Å². The first-order valence-corrected chi connectivity index (χ1v) is 6.87. The fourth-order valence-corrected chi connectivity index (χ4v) is 2.70. The summed E-state index contributed by atoms with van der Waals surface area (Å²) in [7, 11) is 4.08. The molecule has 0 bridgehead atoms. The first-order chi connectivity index (χ1) is 9.09. The van der Waals surface area contributed by atoms with E-state index in [0.717, 1.165) is 31.6 Å². The van der Waals surface area contributed by atoms with Gasteiger partial charge in [0.2, 0.25) is 5.91 Å². The number of likely N-dealkylation sites (tertiary alicyclic amines) is 1. The monoisotopic (exact) mass is 261 g/mol. The van der Waals surface area contributed by atoms with E-state index >= 15 is 0 Å². The third-order valence-electron chi connectivity index (χ3n) is 3.70. The minimum absolute atomic E-state index is 0.185. The van der Waals surface area contributed by atoms with Gasteiger partial charge in [0.1, 0.15) is 0 Å². The molecular weight excluding hydrogens is 238 g/mol. The lowest BCUT2D eigenvalue weighted by Gasteiger charge is -2.25. The minimum atomic E-state index is 0.185. The van der Waals surface area contributed by atoms with Crippen LogP contribution in [0, 0.1) is 0 Å². The largest absolute Gasteiger partial charge is 0.381 e. The lowest BCUT2D eigenvalue weighted by molar-refractivity contribution is -0.129. The Morgan fingerprint density at radius 1 is 1.42 bits per heavy atom. The lowest BCUT2D eigenvalue weighted by Crippen LogP contribution is -2.38. The second kappa shape index (κ2) is 5.95. The van der Waals surface area contributed by atoms with E-state index in [9.17, 15) is 4.79 Å². The number of nitrogens with zero attached hydrogens (tertiary/aromatic N) is 2. The highest BCUT2D eigenvalue weighted by atomic mass is 16.2. The molecule has 1 aliphatic rings. The molecule has 4 heteroatoms. The molecule has 1 saturated heterocycles. The number of anilines is 2. The van der Waals surface area contributed by atoms with Gasteiger partial charge in [-0.1, -0.05) is 12.1 Å². The van der Waals surface area contributed by atoms with Crippen LogP contribution < -0.4 is 10.2 Å². The highest BCUT2D eigenvalue weighted by Gasteiger charge is 2.26. The van der Waals surface area contributed by atoms with Crippen LogP contribution in [0.5, 0.6) is 0 Å². The average Bonchev–Trinajstić information content (AvgIpc) is 2.85. The van der Waals surface area contributed by atoms with Crippen LogP contribution >= 0.6 is 0 Å². The van der Waals surface area contributed by atoms with Crippen molar-refractivity contribution < 1.29 is 4.79 Å². The summed E-state index contributed by atoms with van der Waals surface area (Å²) in [6.07, 6.45) is 2.21. The predicted molar refractivity (Wildman–Crippen MR) is 79.7 cm³/mol. The highest BCUT2D eigenvalue weighted by molar-refractivity contribution is 5.74. The number of rotatable bonds is 4. The summed E-state index contributed by atoms with van der Waals surface area (Å²) in [5.74, 6) is 0.185. The van der Waals surface area contributed by atoms with Gasteiger partial charge in [-0.3, -0.25) is 4.79 Å². The molecule has 1 aromatic rings. The quantitative estimate of drug-likeness (QED) is 0.902. The molecule has 0 spiro atoms. The van der Waals surface area contributed by atoms with E-state index in [1.54, 1.807) is 6.92 Å². The summed E-state index contributed by atoms with van der Waals surface area (Å²) < 4.78 is 0. The first kappa shape index (κ1) is 13.7. The minimum Gasteiger partial charge on any atom is -0.381 e. The van der Waals surface area contributed by atoms with Crippen molar-refractivity contribution in [1.29, 1.82) is 0 Å². The molecule has 1 heterocycles. The molecule has 1 aromatic carbocycles. The van der Waals surface area contributed by atoms with E-state index in [2.05, 4.69) is 22.3 Å². The molecule has 4 nitrogen and oxygen atoms in total. The van der Waals surface area contributed by atoms with Crippen LogP contribution in [0.1, 0.15) is 19.8 Å². The number of para-hydroxylation sites is 2. The summed E-state index contributed by atoms with van der Waals surface area (Å²) in [5, 5.41) is 3.49. The molecule has 1 atom stereocenters. The SMILES string of the molecule is CC(=O)N1CCCC1CNc1ccccc1N(C)C. The Balaban J connectivity index is 2.01. The Kier molecular flexibility index (Phi) is 4.30. The molecule has 104 valence electrons. The summed E-state index contributed by atoms with van der Waals surface area (Å²) >= 11 is 0. The van der Waals surface area contributed by atoms with Crippen molar-refractivity contribution in [2.75, 3.05) is 37.4 Å². The highest BCUT2D eigenvalue weighted by Crippen LogP contribution is 2.25. The lowest BCUT2D eigenvalue weighted by atomic mass is 10.2. The van der Waals surface area contributed by atoms with Gasteiger partial charge < -0.3 is 15.1 Å². The Morgan fingerprint density at radius 2 is 2.16 bits per heavy atom. The molecule has 1 aliphatic heterocycles. The van der Waals surface area contributed by atoms with E-state index in [-0.39, 0.29) is 5.91 Å². The maximum atomic E-state index is 11.5. The van der Waals surface area contributed by atoms with Crippen LogP contribution in [0.15, 0.2) is 24.3 Å². The zero-order valence-corrected chi connectivity index (χ0v) is 12.0. The maximum absolute atomic E-state index is 11.5. The fraction of sp³-hybridized carbons (Fsp3) is 0.533. The van der Waals surface area contributed by atoms with Crippen molar-refractivity contribution in [2.45, 2.75) is 25.8 Å². The molecular formula is C15H23N3O. The number of carbonyl (C=O) groups is 1. The molecule has 19 heavy (non-hydrogen) atoms. The third kappa shape index (κ3) is 3.19. The van der Waals surface area contributed by atoms with Gasteiger partial charge in [0.15, 0.2) is 0 Å². The zero-order chi connectivity index (χ0) is 13.8. The smallest absolute Gasteiger partial charge is 0.219 e. The van der Waals surface area contributed by atoms with E-state index in [1.165, 1.54) is 5.69 Å². The van der Waals surface area contributed by atoms with Crippen molar-refractivity contribution >= 4 is 17.3 Å². The number of hydrogen-bond donors (Lipinski definition) is 1. The standard InChI is InChI=1S/C15H23N3O/c1-12(19)18-10-6-7-13(18)11-16-14-8-4-5-9-15(14)17(2)3/h4-5,8-9,13,16H,6-7,10-11H2,1-3H3.